The molecule has 2 rings (SSSR count). The standard InChI is InChI=1S/C15H20FN3/c1-3-13-9-14(19(2)18-13)10-15(16,11-17)12-7-5-4-6-8-12/h4-9H,3,10-11,17H2,1-2H3. The highest BCUT2D eigenvalue weighted by molar-refractivity contribution is 5.26. The first-order chi connectivity index (χ1) is 9.09. The van der Waals surface area contributed by atoms with Crippen LogP contribution in [0.15, 0.2) is 36.4 Å². The second kappa shape index (κ2) is 5.53. The van der Waals surface area contributed by atoms with E-state index in [0.29, 0.717) is 5.56 Å². The monoisotopic (exact) mass is 261 g/mol. The van der Waals surface area contributed by atoms with Crippen LogP contribution < -0.4 is 5.73 Å². The molecule has 1 aromatic carbocycles. The second-order valence-corrected chi connectivity index (χ2v) is 4.82. The van der Waals surface area contributed by atoms with Gasteiger partial charge in [-0.25, -0.2) is 4.39 Å². The third-order valence-corrected chi connectivity index (χ3v) is 3.47. The molecule has 2 aromatic rings. The molecule has 1 atom stereocenters. The van der Waals surface area contributed by atoms with Gasteiger partial charge in [-0.3, -0.25) is 4.68 Å². The van der Waals surface area contributed by atoms with Gasteiger partial charge in [-0.2, -0.15) is 5.10 Å². The summed E-state index contributed by atoms with van der Waals surface area (Å²) < 4.78 is 16.8. The van der Waals surface area contributed by atoms with Gasteiger partial charge in [-0.1, -0.05) is 37.3 Å². The molecule has 1 aromatic heterocycles. The van der Waals surface area contributed by atoms with E-state index in [9.17, 15) is 0 Å². The van der Waals surface area contributed by atoms with Gasteiger partial charge in [0.15, 0.2) is 5.67 Å². The summed E-state index contributed by atoms with van der Waals surface area (Å²) in [6.45, 7) is 2.00. The Kier molecular flexibility index (Phi) is 4.00. The lowest BCUT2D eigenvalue weighted by molar-refractivity contribution is 0.172. The predicted octanol–water partition coefficient (Wildman–Crippen LogP) is 2.35. The molecule has 0 amide bonds. The Morgan fingerprint density at radius 1 is 1.32 bits per heavy atom. The second-order valence-electron chi connectivity index (χ2n) is 4.82. The Hall–Kier alpha value is -1.68. The first-order valence-electron chi connectivity index (χ1n) is 6.55. The summed E-state index contributed by atoms with van der Waals surface area (Å²) in [5.41, 5.74) is 6.60. The molecule has 4 heteroatoms. The van der Waals surface area contributed by atoms with Crippen LogP contribution in [0.1, 0.15) is 23.9 Å². The topological polar surface area (TPSA) is 43.8 Å². The van der Waals surface area contributed by atoms with Crippen LogP contribution in [-0.2, 0) is 25.6 Å². The van der Waals surface area contributed by atoms with Gasteiger partial charge >= 0.3 is 0 Å². The van der Waals surface area contributed by atoms with E-state index >= 15 is 4.39 Å². The number of aromatic nitrogens is 2. The lowest BCUT2D eigenvalue weighted by Crippen LogP contribution is -2.33. The van der Waals surface area contributed by atoms with E-state index in [0.717, 1.165) is 17.8 Å². The zero-order valence-electron chi connectivity index (χ0n) is 11.4. The normalized spacial score (nSPS) is 14.3. The van der Waals surface area contributed by atoms with E-state index in [4.69, 9.17) is 5.73 Å². The number of alkyl halides is 1. The van der Waals surface area contributed by atoms with Crippen molar-refractivity contribution in [2.45, 2.75) is 25.4 Å². The van der Waals surface area contributed by atoms with Crippen molar-refractivity contribution in [2.75, 3.05) is 6.54 Å². The number of halogens is 1. The maximum absolute atomic E-state index is 15.1. The molecule has 102 valence electrons. The Morgan fingerprint density at radius 2 is 2.00 bits per heavy atom. The summed E-state index contributed by atoms with van der Waals surface area (Å²) in [5.74, 6) is 0. The number of nitrogens with zero attached hydrogens (tertiary/aromatic N) is 2. The van der Waals surface area contributed by atoms with Crippen LogP contribution in [-0.4, -0.2) is 16.3 Å². The molecule has 1 unspecified atom stereocenters. The lowest BCUT2D eigenvalue weighted by atomic mass is 9.91. The van der Waals surface area contributed by atoms with Gasteiger partial charge in [0.05, 0.1) is 5.69 Å². The molecule has 0 saturated heterocycles. The Bertz CT molecular complexity index is 536. The minimum absolute atomic E-state index is 0.0380. The Balaban J connectivity index is 2.30. The summed E-state index contributed by atoms with van der Waals surface area (Å²) in [4.78, 5) is 0. The Morgan fingerprint density at radius 3 is 2.53 bits per heavy atom. The molecule has 0 aliphatic heterocycles. The average Bonchev–Trinajstić information content (AvgIpc) is 2.80. The molecule has 0 fully saturated rings. The molecule has 0 aliphatic rings. The van der Waals surface area contributed by atoms with Crippen molar-refractivity contribution in [1.82, 2.24) is 9.78 Å². The van der Waals surface area contributed by atoms with Crippen LogP contribution in [0.25, 0.3) is 0 Å². The van der Waals surface area contributed by atoms with Crippen molar-refractivity contribution in [1.29, 1.82) is 0 Å². The lowest BCUT2D eigenvalue weighted by Gasteiger charge is -2.24. The zero-order valence-corrected chi connectivity index (χ0v) is 11.4. The zero-order chi connectivity index (χ0) is 13.9. The highest BCUT2D eigenvalue weighted by Gasteiger charge is 2.31. The van der Waals surface area contributed by atoms with Gasteiger partial charge in [0.1, 0.15) is 0 Å². The van der Waals surface area contributed by atoms with Gasteiger partial charge in [-0.05, 0) is 18.1 Å². The first kappa shape index (κ1) is 13.7. The maximum atomic E-state index is 15.1. The minimum atomic E-state index is -1.54. The quantitative estimate of drug-likeness (QED) is 0.898. The summed E-state index contributed by atoms with van der Waals surface area (Å²) in [5, 5.41) is 4.35. The molecule has 2 N–H and O–H groups in total. The number of hydrogen-bond acceptors (Lipinski definition) is 2. The smallest absolute Gasteiger partial charge is 0.153 e. The van der Waals surface area contributed by atoms with Crippen LogP contribution in [0.5, 0.6) is 0 Å². The van der Waals surface area contributed by atoms with E-state index in [1.54, 1.807) is 16.8 Å². The molecular formula is C15H20FN3. The molecule has 19 heavy (non-hydrogen) atoms. The maximum Gasteiger partial charge on any atom is 0.153 e. The molecule has 0 spiro atoms. The van der Waals surface area contributed by atoms with Crippen LogP contribution in [0.4, 0.5) is 4.39 Å². The van der Waals surface area contributed by atoms with E-state index in [2.05, 4.69) is 5.10 Å². The molecule has 0 radical (unpaired) electrons. The van der Waals surface area contributed by atoms with Crippen molar-refractivity contribution >= 4 is 0 Å². The molecule has 1 heterocycles. The van der Waals surface area contributed by atoms with Crippen LogP contribution >= 0.6 is 0 Å². The largest absolute Gasteiger partial charge is 0.327 e. The van der Waals surface area contributed by atoms with Gasteiger partial charge in [0, 0.05) is 25.7 Å². The number of aryl methyl sites for hydroxylation is 2. The van der Waals surface area contributed by atoms with E-state index in [1.165, 1.54) is 0 Å². The first-order valence-corrected chi connectivity index (χ1v) is 6.55. The Labute approximate surface area is 113 Å². The molecule has 0 aliphatic carbocycles. The van der Waals surface area contributed by atoms with Gasteiger partial charge in [0.2, 0.25) is 0 Å². The SMILES string of the molecule is CCc1cc(CC(F)(CN)c2ccccc2)n(C)n1. The van der Waals surface area contributed by atoms with Crippen LogP contribution in [0, 0.1) is 0 Å². The number of benzene rings is 1. The van der Waals surface area contributed by atoms with Crippen LogP contribution in [0.3, 0.4) is 0 Å². The van der Waals surface area contributed by atoms with E-state index < -0.39 is 5.67 Å². The summed E-state index contributed by atoms with van der Waals surface area (Å²) >= 11 is 0. The van der Waals surface area contributed by atoms with E-state index in [-0.39, 0.29) is 13.0 Å². The van der Waals surface area contributed by atoms with Gasteiger partial charge in [0.25, 0.3) is 0 Å². The summed E-state index contributed by atoms with van der Waals surface area (Å²) in [7, 11) is 1.84. The van der Waals surface area contributed by atoms with Gasteiger partial charge in [-0.15, -0.1) is 0 Å². The van der Waals surface area contributed by atoms with E-state index in [1.807, 2.05) is 38.2 Å². The fraction of sp³-hybridized carbons (Fsp3) is 0.400. The number of rotatable bonds is 5. The predicted molar refractivity (Wildman–Crippen MR) is 74.6 cm³/mol. The van der Waals surface area contributed by atoms with Crippen molar-refractivity contribution in [3.05, 3.63) is 53.3 Å². The molecule has 3 nitrogen and oxygen atoms in total. The summed E-state index contributed by atoms with van der Waals surface area (Å²) in [6, 6.07) is 11.1. The van der Waals surface area contributed by atoms with Crippen molar-refractivity contribution in [2.24, 2.45) is 12.8 Å². The molecular weight excluding hydrogens is 241 g/mol. The van der Waals surface area contributed by atoms with Crippen molar-refractivity contribution in [3.8, 4) is 0 Å². The third kappa shape index (κ3) is 2.84. The minimum Gasteiger partial charge on any atom is -0.327 e. The highest BCUT2D eigenvalue weighted by Crippen LogP contribution is 2.29. The third-order valence-electron chi connectivity index (χ3n) is 3.47. The molecule has 0 bridgehead atoms. The fourth-order valence-electron chi connectivity index (χ4n) is 2.23. The number of nitrogens with two attached hydrogens (primary N) is 1. The average molecular weight is 261 g/mol. The van der Waals surface area contributed by atoms with Gasteiger partial charge < -0.3 is 5.73 Å². The summed E-state index contributed by atoms with van der Waals surface area (Å²) in [6.07, 6.45) is 1.10. The number of hydrogen-bond donors (Lipinski definition) is 1. The highest BCUT2D eigenvalue weighted by atomic mass is 19.1. The van der Waals surface area contributed by atoms with Crippen molar-refractivity contribution in [3.63, 3.8) is 0 Å². The van der Waals surface area contributed by atoms with Crippen molar-refractivity contribution < 1.29 is 4.39 Å². The molecule has 0 saturated carbocycles. The fourth-order valence-corrected chi connectivity index (χ4v) is 2.23. The van der Waals surface area contributed by atoms with Crippen LogP contribution in [0.2, 0.25) is 0 Å².